The summed E-state index contributed by atoms with van der Waals surface area (Å²) in [4.78, 5) is 14.4. The summed E-state index contributed by atoms with van der Waals surface area (Å²) in [7, 11) is 1.61. The average Bonchev–Trinajstić information content (AvgIpc) is 2.87. The zero-order valence-electron chi connectivity index (χ0n) is 10.5. The fourth-order valence-electron chi connectivity index (χ4n) is 1.27. The van der Waals surface area contributed by atoms with Gasteiger partial charge in [-0.25, -0.2) is 4.98 Å². The molecule has 0 spiro atoms. The lowest BCUT2D eigenvalue weighted by Gasteiger charge is -1.99. The SMILES string of the molecule is COCCNc1nnc(Sc2ncccc2[N+](=O)[O-])s1. The molecule has 106 valence electrons. The lowest BCUT2D eigenvalue weighted by Crippen LogP contribution is -2.06. The van der Waals surface area contributed by atoms with E-state index in [4.69, 9.17) is 4.74 Å². The van der Waals surface area contributed by atoms with E-state index in [2.05, 4.69) is 20.5 Å². The zero-order valence-corrected chi connectivity index (χ0v) is 12.1. The Morgan fingerprint density at radius 2 is 2.40 bits per heavy atom. The molecule has 2 rings (SSSR count). The minimum atomic E-state index is -0.464. The van der Waals surface area contributed by atoms with E-state index >= 15 is 0 Å². The first kappa shape index (κ1) is 14.6. The quantitative estimate of drug-likeness (QED) is 0.470. The number of methoxy groups -OCH3 is 1. The predicted octanol–water partition coefficient (Wildman–Crippen LogP) is 2.05. The molecule has 10 heteroatoms. The Morgan fingerprint density at radius 1 is 1.55 bits per heavy atom. The van der Waals surface area contributed by atoms with Crippen LogP contribution in [0.1, 0.15) is 0 Å². The highest BCUT2D eigenvalue weighted by Gasteiger charge is 2.17. The number of rotatable bonds is 7. The number of hydrogen-bond acceptors (Lipinski definition) is 9. The van der Waals surface area contributed by atoms with Crippen LogP contribution in [0.3, 0.4) is 0 Å². The Balaban J connectivity index is 2.05. The van der Waals surface area contributed by atoms with Gasteiger partial charge in [-0.2, -0.15) is 0 Å². The lowest BCUT2D eigenvalue weighted by atomic mass is 10.4. The van der Waals surface area contributed by atoms with E-state index < -0.39 is 4.92 Å². The van der Waals surface area contributed by atoms with Gasteiger partial charge in [-0.05, 0) is 17.8 Å². The third-order valence-electron chi connectivity index (χ3n) is 2.12. The molecule has 0 aliphatic rings. The van der Waals surface area contributed by atoms with Crippen LogP contribution >= 0.6 is 23.1 Å². The molecule has 2 heterocycles. The van der Waals surface area contributed by atoms with Crippen LogP contribution < -0.4 is 5.32 Å². The molecule has 2 aromatic heterocycles. The number of hydrogen-bond donors (Lipinski definition) is 1. The molecule has 20 heavy (non-hydrogen) atoms. The van der Waals surface area contributed by atoms with Gasteiger partial charge in [-0.3, -0.25) is 10.1 Å². The number of nitro groups is 1. The summed E-state index contributed by atoms with van der Waals surface area (Å²) in [6.45, 7) is 1.19. The summed E-state index contributed by atoms with van der Waals surface area (Å²) in [6.07, 6.45) is 1.51. The van der Waals surface area contributed by atoms with Gasteiger partial charge in [0.15, 0.2) is 9.37 Å². The highest BCUT2D eigenvalue weighted by atomic mass is 32.2. The van der Waals surface area contributed by atoms with Crippen molar-refractivity contribution in [2.24, 2.45) is 0 Å². The van der Waals surface area contributed by atoms with Crippen LogP contribution in [0, 0.1) is 10.1 Å². The maximum atomic E-state index is 10.9. The molecule has 0 saturated carbocycles. The summed E-state index contributed by atoms with van der Waals surface area (Å²) < 4.78 is 5.50. The standard InChI is InChI=1S/C10H11N5O3S2/c1-18-6-5-12-9-13-14-10(20-9)19-8-7(15(16)17)3-2-4-11-8/h2-4H,5-6H2,1H3,(H,12,13). The highest BCUT2D eigenvalue weighted by Crippen LogP contribution is 2.35. The number of anilines is 1. The Labute approximate surface area is 122 Å². The molecule has 8 nitrogen and oxygen atoms in total. The largest absolute Gasteiger partial charge is 0.383 e. The fraction of sp³-hybridized carbons (Fsp3) is 0.300. The maximum absolute atomic E-state index is 10.9. The third kappa shape index (κ3) is 3.85. The summed E-state index contributed by atoms with van der Waals surface area (Å²) in [6, 6.07) is 2.94. The topological polar surface area (TPSA) is 103 Å². The Hall–Kier alpha value is -1.78. The van der Waals surface area contributed by atoms with Crippen molar-refractivity contribution in [3.63, 3.8) is 0 Å². The van der Waals surface area contributed by atoms with Crippen LogP contribution in [0.5, 0.6) is 0 Å². The van der Waals surface area contributed by atoms with E-state index in [1.54, 1.807) is 7.11 Å². The first-order valence-electron chi connectivity index (χ1n) is 5.54. The van der Waals surface area contributed by atoms with Gasteiger partial charge in [0.1, 0.15) is 0 Å². The van der Waals surface area contributed by atoms with E-state index in [1.165, 1.54) is 29.7 Å². The van der Waals surface area contributed by atoms with Crippen LogP contribution in [0.2, 0.25) is 0 Å². The van der Waals surface area contributed by atoms with E-state index in [1.807, 2.05) is 0 Å². The molecular formula is C10H11N5O3S2. The fourth-order valence-corrected chi connectivity index (χ4v) is 3.02. The summed E-state index contributed by atoms with van der Waals surface area (Å²) in [5, 5.41) is 22.8. The van der Waals surface area contributed by atoms with Crippen molar-refractivity contribution in [3.8, 4) is 0 Å². The molecule has 0 saturated heterocycles. The Morgan fingerprint density at radius 3 is 3.15 bits per heavy atom. The van der Waals surface area contributed by atoms with Crippen molar-refractivity contribution in [3.05, 3.63) is 28.4 Å². The van der Waals surface area contributed by atoms with E-state index in [0.29, 0.717) is 27.6 Å². The molecule has 0 aliphatic carbocycles. The number of ether oxygens (including phenoxy) is 1. The second kappa shape index (κ2) is 7.12. The van der Waals surface area contributed by atoms with Gasteiger partial charge in [0.25, 0.3) is 0 Å². The zero-order chi connectivity index (χ0) is 14.4. The lowest BCUT2D eigenvalue weighted by molar-refractivity contribution is -0.388. The van der Waals surface area contributed by atoms with Gasteiger partial charge in [0.2, 0.25) is 5.13 Å². The minimum absolute atomic E-state index is 0.0402. The molecule has 0 bridgehead atoms. The van der Waals surface area contributed by atoms with E-state index in [9.17, 15) is 10.1 Å². The van der Waals surface area contributed by atoms with Crippen molar-refractivity contribution in [1.29, 1.82) is 0 Å². The van der Waals surface area contributed by atoms with Gasteiger partial charge in [0.05, 0.1) is 11.5 Å². The molecule has 1 N–H and O–H groups in total. The van der Waals surface area contributed by atoms with E-state index in [-0.39, 0.29) is 5.69 Å². The molecule has 0 amide bonds. The van der Waals surface area contributed by atoms with Crippen LogP contribution in [-0.2, 0) is 4.74 Å². The van der Waals surface area contributed by atoms with Crippen molar-refractivity contribution in [1.82, 2.24) is 15.2 Å². The van der Waals surface area contributed by atoms with Crippen LogP contribution in [0.15, 0.2) is 27.7 Å². The first-order chi connectivity index (χ1) is 9.70. The van der Waals surface area contributed by atoms with Crippen molar-refractivity contribution >= 4 is 33.9 Å². The van der Waals surface area contributed by atoms with Gasteiger partial charge in [-0.15, -0.1) is 10.2 Å². The number of pyridine rings is 1. The van der Waals surface area contributed by atoms with Crippen molar-refractivity contribution in [2.75, 3.05) is 25.6 Å². The molecule has 0 atom stereocenters. The minimum Gasteiger partial charge on any atom is -0.383 e. The maximum Gasteiger partial charge on any atom is 0.301 e. The van der Waals surface area contributed by atoms with Gasteiger partial charge in [0, 0.05) is 25.9 Å². The summed E-state index contributed by atoms with van der Waals surface area (Å²) >= 11 is 2.43. The summed E-state index contributed by atoms with van der Waals surface area (Å²) in [5.74, 6) is 0. The van der Waals surface area contributed by atoms with Crippen molar-refractivity contribution in [2.45, 2.75) is 9.37 Å². The van der Waals surface area contributed by atoms with Crippen LogP contribution in [0.4, 0.5) is 10.8 Å². The number of nitrogens with one attached hydrogen (secondary N) is 1. The Kier molecular flexibility index (Phi) is 5.21. The average molecular weight is 313 g/mol. The highest BCUT2D eigenvalue weighted by molar-refractivity contribution is 8.01. The Bertz CT molecular complexity index is 592. The monoisotopic (exact) mass is 313 g/mol. The predicted molar refractivity (Wildman–Crippen MR) is 75.3 cm³/mol. The first-order valence-corrected chi connectivity index (χ1v) is 7.17. The molecule has 0 fully saturated rings. The second-order valence-corrected chi connectivity index (χ2v) is 5.69. The molecule has 0 aromatic carbocycles. The normalized spacial score (nSPS) is 10.4. The smallest absolute Gasteiger partial charge is 0.301 e. The molecule has 0 unspecified atom stereocenters. The van der Waals surface area contributed by atoms with Gasteiger partial charge >= 0.3 is 5.69 Å². The number of nitrogens with zero attached hydrogens (tertiary/aromatic N) is 4. The molecule has 0 aliphatic heterocycles. The molecule has 0 radical (unpaired) electrons. The van der Waals surface area contributed by atoms with Gasteiger partial charge < -0.3 is 10.1 Å². The van der Waals surface area contributed by atoms with Crippen LogP contribution in [0.25, 0.3) is 0 Å². The molecular weight excluding hydrogens is 302 g/mol. The summed E-state index contributed by atoms with van der Waals surface area (Å²) in [5.41, 5.74) is -0.0402. The van der Waals surface area contributed by atoms with Gasteiger partial charge in [-0.1, -0.05) is 11.3 Å². The van der Waals surface area contributed by atoms with Crippen LogP contribution in [-0.4, -0.2) is 40.4 Å². The third-order valence-corrected chi connectivity index (χ3v) is 4.06. The second-order valence-electron chi connectivity index (χ2n) is 3.48. The number of aromatic nitrogens is 3. The molecule has 2 aromatic rings. The van der Waals surface area contributed by atoms with E-state index in [0.717, 1.165) is 11.8 Å². The van der Waals surface area contributed by atoms with Crippen molar-refractivity contribution < 1.29 is 9.66 Å².